The predicted octanol–water partition coefficient (Wildman–Crippen LogP) is 6.42. The van der Waals surface area contributed by atoms with E-state index in [0.717, 1.165) is 80.4 Å². The maximum atomic E-state index is 13.7. The third-order valence-corrected chi connectivity index (χ3v) is 9.14. The molecule has 208 valence electrons. The molecule has 2 aliphatic carbocycles. The SMILES string of the molecule is CC1CCN(C2=NOC3(C2)CN(Cc2cc(OC[C@@H]4CC4(F)F)c(-c4ccc(F)cc4)c(C4CC4)c2)C3)CC1. The molecule has 1 atom stereocenters. The molecule has 3 heterocycles. The van der Waals surface area contributed by atoms with Crippen LogP contribution in [0, 0.1) is 17.7 Å². The van der Waals surface area contributed by atoms with Gasteiger partial charge in [0.15, 0.2) is 5.60 Å². The Kier molecular flexibility index (Phi) is 6.10. The highest BCUT2D eigenvalue weighted by molar-refractivity contribution is 5.84. The van der Waals surface area contributed by atoms with Gasteiger partial charge in [-0.2, -0.15) is 0 Å². The summed E-state index contributed by atoms with van der Waals surface area (Å²) >= 11 is 0. The Hall–Kier alpha value is -2.74. The van der Waals surface area contributed by atoms with Crippen molar-refractivity contribution >= 4 is 5.84 Å². The van der Waals surface area contributed by atoms with E-state index in [4.69, 9.17) is 9.57 Å². The number of hydrogen-bond donors (Lipinski definition) is 0. The van der Waals surface area contributed by atoms with E-state index in [1.54, 1.807) is 12.1 Å². The summed E-state index contributed by atoms with van der Waals surface area (Å²) in [6, 6.07) is 10.6. The zero-order valence-corrected chi connectivity index (χ0v) is 22.5. The lowest BCUT2D eigenvalue weighted by Gasteiger charge is -2.45. The topological polar surface area (TPSA) is 37.3 Å². The molecule has 1 spiro atoms. The summed E-state index contributed by atoms with van der Waals surface area (Å²) in [6.45, 7) is 6.78. The van der Waals surface area contributed by atoms with Crippen LogP contribution in [0.5, 0.6) is 5.75 Å². The predicted molar refractivity (Wildman–Crippen MR) is 143 cm³/mol. The van der Waals surface area contributed by atoms with Crippen molar-refractivity contribution in [2.24, 2.45) is 17.0 Å². The van der Waals surface area contributed by atoms with Gasteiger partial charge in [0.1, 0.15) is 17.4 Å². The first-order valence-electron chi connectivity index (χ1n) is 14.4. The first-order valence-corrected chi connectivity index (χ1v) is 14.4. The van der Waals surface area contributed by atoms with Crippen LogP contribution in [-0.2, 0) is 11.4 Å². The average molecular weight is 540 g/mol. The zero-order valence-electron chi connectivity index (χ0n) is 22.5. The van der Waals surface area contributed by atoms with Crippen LogP contribution in [0.2, 0.25) is 0 Å². The van der Waals surface area contributed by atoms with E-state index in [1.165, 1.54) is 30.5 Å². The smallest absolute Gasteiger partial charge is 0.255 e. The van der Waals surface area contributed by atoms with Gasteiger partial charge in [0.25, 0.3) is 5.92 Å². The fourth-order valence-corrected chi connectivity index (χ4v) is 6.43. The second kappa shape index (κ2) is 9.43. The lowest BCUT2D eigenvalue weighted by atomic mass is 9.88. The van der Waals surface area contributed by atoms with Crippen molar-refractivity contribution < 1.29 is 22.7 Å². The maximum Gasteiger partial charge on any atom is 0.255 e. The molecule has 8 heteroatoms. The molecule has 3 aliphatic heterocycles. The fourth-order valence-electron chi connectivity index (χ4n) is 6.43. The Bertz CT molecular complexity index is 1260. The molecule has 5 aliphatic rings. The zero-order chi connectivity index (χ0) is 26.8. The number of piperidine rings is 1. The van der Waals surface area contributed by atoms with Crippen molar-refractivity contribution in [3.05, 3.63) is 53.3 Å². The van der Waals surface area contributed by atoms with Crippen LogP contribution in [0.3, 0.4) is 0 Å². The largest absolute Gasteiger partial charge is 0.492 e. The van der Waals surface area contributed by atoms with E-state index < -0.39 is 11.8 Å². The minimum atomic E-state index is -2.63. The third kappa shape index (κ3) is 5.12. The van der Waals surface area contributed by atoms with Gasteiger partial charge in [-0.25, -0.2) is 13.2 Å². The highest BCUT2D eigenvalue weighted by Crippen LogP contribution is 2.51. The molecule has 0 N–H and O–H groups in total. The van der Waals surface area contributed by atoms with Gasteiger partial charge in [-0.3, -0.25) is 4.90 Å². The first kappa shape index (κ1) is 25.2. The van der Waals surface area contributed by atoms with Gasteiger partial charge in [-0.05, 0) is 72.4 Å². The van der Waals surface area contributed by atoms with Gasteiger partial charge in [-0.1, -0.05) is 30.3 Å². The van der Waals surface area contributed by atoms with E-state index in [9.17, 15) is 13.2 Å². The maximum absolute atomic E-state index is 13.7. The van der Waals surface area contributed by atoms with Crippen molar-refractivity contribution in [1.29, 1.82) is 0 Å². The number of alkyl halides is 2. The third-order valence-electron chi connectivity index (χ3n) is 9.14. The van der Waals surface area contributed by atoms with Crippen LogP contribution in [0.15, 0.2) is 41.6 Å². The highest BCUT2D eigenvalue weighted by Gasteiger charge is 2.57. The Labute approximate surface area is 227 Å². The van der Waals surface area contributed by atoms with Gasteiger partial charge in [0.05, 0.1) is 18.9 Å². The molecule has 2 saturated heterocycles. The molecule has 2 aromatic carbocycles. The van der Waals surface area contributed by atoms with Crippen LogP contribution in [-0.4, -0.2) is 59.9 Å². The molecule has 2 aromatic rings. The van der Waals surface area contributed by atoms with Crippen LogP contribution in [0.1, 0.15) is 62.5 Å². The Morgan fingerprint density at radius 1 is 1.05 bits per heavy atom. The number of amidine groups is 1. The quantitative estimate of drug-likeness (QED) is 0.407. The second-order valence-corrected chi connectivity index (χ2v) is 12.6. The molecule has 0 amide bonds. The normalized spacial score (nSPS) is 25.8. The summed E-state index contributed by atoms with van der Waals surface area (Å²) in [5, 5.41) is 4.48. The van der Waals surface area contributed by atoms with E-state index in [-0.39, 0.29) is 24.4 Å². The van der Waals surface area contributed by atoms with Crippen molar-refractivity contribution in [1.82, 2.24) is 9.80 Å². The van der Waals surface area contributed by atoms with Gasteiger partial charge in [0, 0.05) is 44.7 Å². The van der Waals surface area contributed by atoms with Crippen LogP contribution in [0.25, 0.3) is 11.1 Å². The van der Waals surface area contributed by atoms with E-state index in [2.05, 4.69) is 27.9 Å². The second-order valence-electron chi connectivity index (χ2n) is 12.6. The van der Waals surface area contributed by atoms with Crippen molar-refractivity contribution in [2.45, 2.75) is 69.4 Å². The van der Waals surface area contributed by atoms with Gasteiger partial charge in [-0.15, -0.1) is 0 Å². The number of nitrogens with zero attached hydrogens (tertiary/aromatic N) is 3. The Morgan fingerprint density at radius 3 is 2.44 bits per heavy atom. The summed E-state index contributed by atoms with van der Waals surface area (Å²) in [7, 11) is 0. The average Bonchev–Trinajstić information content (AvgIpc) is 3.79. The van der Waals surface area contributed by atoms with E-state index in [0.29, 0.717) is 11.7 Å². The fraction of sp³-hybridized carbons (Fsp3) is 0.581. The van der Waals surface area contributed by atoms with Crippen LogP contribution < -0.4 is 4.74 Å². The molecule has 0 radical (unpaired) electrons. The van der Waals surface area contributed by atoms with E-state index >= 15 is 0 Å². The van der Waals surface area contributed by atoms with Gasteiger partial charge >= 0.3 is 0 Å². The number of rotatable bonds is 7. The molecule has 7 rings (SSSR count). The molecule has 4 fully saturated rings. The summed E-state index contributed by atoms with van der Waals surface area (Å²) in [5.41, 5.74) is 3.83. The molecular formula is C31H36F3N3O2. The minimum Gasteiger partial charge on any atom is -0.492 e. The van der Waals surface area contributed by atoms with Crippen molar-refractivity contribution in [3.8, 4) is 16.9 Å². The molecular weight excluding hydrogens is 503 g/mol. The summed E-state index contributed by atoms with van der Waals surface area (Å²) in [6.07, 6.45) is 5.33. The highest BCUT2D eigenvalue weighted by atomic mass is 19.3. The van der Waals surface area contributed by atoms with Gasteiger partial charge < -0.3 is 14.5 Å². The number of ether oxygens (including phenoxy) is 1. The van der Waals surface area contributed by atoms with Crippen LogP contribution in [0.4, 0.5) is 13.2 Å². The van der Waals surface area contributed by atoms with Crippen molar-refractivity contribution in [2.75, 3.05) is 32.8 Å². The number of hydrogen-bond acceptors (Lipinski definition) is 5. The Morgan fingerprint density at radius 2 is 1.77 bits per heavy atom. The van der Waals surface area contributed by atoms with Crippen molar-refractivity contribution in [3.63, 3.8) is 0 Å². The molecule has 0 aromatic heterocycles. The summed E-state index contributed by atoms with van der Waals surface area (Å²) in [5.74, 6) is -0.756. The van der Waals surface area contributed by atoms with E-state index in [1.807, 2.05) is 6.07 Å². The summed E-state index contributed by atoms with van der Waals surface area (Å²) in [4.78, 5) is 10.7. The van der Waals surface area contributed by atoms with Gasteiger partial charge in [0.2, 0.25) is 0 Å². The molecule has 0 bridgehead atoms. The lowest BCUT2D eigenvalue weighted by Crippen LogP contribution is -2.61. The standard InChI is InChI=1S/C31H36F3N3O2/c1-20-8-10-37(11-9-20)28-15-30(39-35-28)18-36(19-30)16-21-12-26(22-2-3-22)29(23-4-6-25(32)7-5-23)27(13-21)38-17-24-14-31(24,33)34/h4-7,12-13,20,22,24H,2-3,8-11,14-19H2,1H3/t24-/m0/s1. The number of oxime groups is 1. The summed E-state index contributed by atoms with van der Waals surface area (Å²) < 4.78 is 47.1. The minimum absolute atomic E-state index is 0.00911. The number of likely N-dealkylation sites (tertiary alicyclic amines) is 2. The Balaban J connectivity index is 1.08. The molecule has 0 unspecified atom stereocenters. The molecule has 5 nitrogen and oxygen atoms in total. The molecule has 2 saturated carbocycles. The lowest BCUT2D eigenvalue weighted by molar-refractivity contribution is -0.128. The number of halogens is 3. The molecule has 39 heavy (non-hydrogen) atoms. The number of benzene rings is 2. The van der Waals surface area contributed by atoms with Crippen LogP contribution >= 0.6 is 0 Å². The monoisotopic (exact) mass is 539 g/mol. The first-order chi connectivity index (χ1) is 18.8.